The van der Waals surface area contributed by atoms with Crippen LogP contribution in [-0.2, 0) is 11.3 Å². The lowest BCUT2D eigenvalue weighted by Crippen LogP contribution is -2.27. The third-order valence-corrected chi connectivity index (χ3v) is 6.39. The van der Waals surface area contributed by atoms with Gasteiger partial charge in [-0.25, -0.2) is 4.98 Å². The first-order chi connectivity index (χ1) is 15.4. The highest BCUT2D eigenvalue weighted by Crippen LogP contribution is 2.36. The van der Waals surface area contributed by atoms with Crippen LogP contribution in [0.15, 0.2) is 53.6 Å². The summed E-state index contributed by atoms with van der Waals surface area (Å²) in [7, 11) is 0. The monoisotopic (exact) mass is 487 g/mol. The van der Waals surface area contributed by atoms with E-state index < -0.39 is 5.91 Å². The maximum absolute atomic E-state index is 13.3. The Morgan fingerprint density at radius 1 is 1.19 bits per heavy atom. The van der Waals surface area contributed by atoms with Gasteiger partial charge in [0.15, 0.2) is 0 Å². The lowest BCUT2D eigenvalue weighted by molar-refractivity contribution is -0.116. The van der Waals surface area contributed by atoms with Crippen LogP contribution < -0.4 is 15.6 Å². The summed E-state index contributed by atoms with van der Waals surface area (Å²) in [6.07, 6.45) is 1.39. The molecule has 6 nitrogen and oxygen atoms in total. The van der Waals surface area contributed by atoms with Gasteiger partial charge in [-0.15, -0.1) is 11.3 Å². The Kier molecular flexibility index (Phi) is 6.50. The van der Waals surface area contributed by atoms with Gasteiger partial charge in [-0.3, -0.25) is 14.2 Å². The zero-order chi connectivity index (χ0) is 22.8. The van der Waals surface area contributed by atoms with Crippen molar-refractivity contribution in [3.8, 4) is 16.9 Å². The van der Waals surface area contributed by atoms with E-state index in [9.17, 15) is 9.59 Å². The molecule has 0 aliphatic carbocycles. The number of nitrogens with one attached hydrogen (secondary N) is 1. The molecule has 1 N–H and O–H groups in total. The zero-order valence-electron chi connectivity index (χ0n) is 17.3. The van der Waals surface area contributed by atoms with E-state index in [1.54, 1.807) is 12.1 Å². The molecule has 0 unspecified atom stereocenters. The van der Waals surface area contributed by atoms with Crippen molar-refractivity contribution in [3.05, 3.63) is 74.1 Å². The van der Waals surface area contributed by atoms with Crippen molar-refractivity contribution in [2.24, 2.45) is 0 Å². The number of fused-ring (bicyclic) bond motifs is 1. The molecule has 32 heavy (non-hydrogen) atoms. The normalized spacial score (nSPS) is 11.0. The van der Waals surface area contributed by atoms with Gasteiger partial charge in [0.1, 0.15) is 17.1 Å². The first-order valence-corrected chi connectivity index (χ1v) is 11.4. The molecule has 0 aliphatic rings. The van der Waals surface area contributed by atoms with Crippen LogP contribution in [-0.4, -0.2) is 22.1 Å². The molecule has 0 bridgehead atoms. The van der Waals surface area contributed by atoms with E-state index in [4.69, 9.17) is 27.9 Å². The summed E-state index contributed by atoms with van der Waals surface area (Å²) < 4.78 is 6.81. The Labute approximate surface area is 198 Å². The van der Waals surface area contributed by atoms with Crippen LogP contribution in [0.3, 0.4) is 0 Å². The summed E-state index contributed by atoms with van der Waals surface area (Å²) in [4.78, 5) is 31.9. The predicted molar refractivity (Wildman–Crippen MR) is 130 cm³/mol. The number of nitrogens with zero attached hydrogens (tertiary/aromatic N) is 2. The maximum atomic E-state index is 13.3. The molecule has 2 aromatic carbocycles. The van der Waals surface area contributed by atoms with E-state index in [0.29, 0.717) is 32.6 Å². The summed E-state index contributed by atoms with van der Waals surface area (Å²) in [5.74, 6) is 0.369. The molecule has 0 fully saturated rings. The number of aryl methyl sites for hydroxylation is 1. The third kappa shape index (κ3) is 4.50. The Hall–Kier alpha value is -2.87. The van der Waals surface area contributed by atoms with E-state index in [1.807, 2.05) is 38.1 Å². The van der Waals surface area contributed by atoms with Crippen LogP contribution in [0, 0.1) is 6.92 Å². The van der Waals surface area contributed by atoms with Crippen molar-refractivity contribution >= 4 is 56.3 Å². The van der Waals surface area contributed by atoms with Crippen LogP contribution in [0.2, 0.25) is 10.0 Å². The van der Waals surface area contributed by atoms with Crippen molar-refractivity contribution in [2.45, 2.75) is 20.4 Å². The van der Waals surface area contributed by atoms with E-state index in [2.05, 4.69) is 10.3 Å². The van der Waals surface area contributed by atoms with Gasteiger partial charge < -0.3 is 10.1 Å². The average Bonchev–Trinajstić information content (AvgIpc) is 3.10. The molecule has 0 spiro atoms. The van der Waals surface area contributed by atoms with Crippen molar-refractivity contribution in [3.63, 3.8) is 0 Å². The fourth-order valence-corrected chi connectivity index (χ4v) is 4.88. The molecular weight excluding hydrogens is 469 g/mol. The minimum atomic E-state index is -0.396. The molecule has 9 heteroatoms. The van der Waals surface area contributed by atoms with Crippen LogP contribution in [0.1, 0.15) is 11.8 Å². The van der Waals surface area contributed by atoms with Gasteiger partial charge in [0.25, 0.3) is 5.56 Å². The summed E-state index contributed by atoms with van der Waals surface area (Å²) >= 11 is 13.5. The summed E-state index contributed by atoms with van der Waals surface area (Å²) in [5.41, 5.74) is 1.86. The highest BCUT2D eigenvalue weighted by Gasteiger charge is 2.18. The minimum Gasteiger partial charge on any atom is -0.494 e. The summed E-state index contributed by atoms with van der Waals surface area (Å²) in [6, 6.07) is 12.4. The van der Waals surface area contributed by atoms with E-state index in [1.165, 1.54) is 28.3 Å². The van der Waals surface area contributed by atoms with Crippen molar-refractivity contribution in [1.29, 1.82) is 0 Å². The molecule has 1 amide bonds. The number of ether oxygens (including phenoxy) is 1. The Morgan fingerprint density at radius 3 is 2.62 bits per heavy atom. The molecule has 0 aliphatic heterocycles. The predicted octanol–water partition coefficient (Wildman–Crippen LogP) is 5.78. The molecule has 164 valence electrons. The fraction of sp³-hybridized carbons (Fsp3) is 0.174. The average molecular weight is 488 g/mol. The number of anilines is 1. The second-order valence-electron chi connectivity index (χ2n) is 7.02. The maximum Gasteiger partial charge on any atom is 0.263 e. The zero-order valence-corrected chi connectivity index (χ0v) is 19.6. The van der Waals surface area contributed by atoms with Crippen molar-refractivity contribution in [1.82, 2.24) is 9.55 Å². The Morgan fingerprint density at radius 2 is 1.94 bits per heavy atom. The Balaban J connectivity index is 1.67. The van der Waals surface area contributed by atoms with Crippen molar-refractivity contribution in [2.75, 3.05) is 11.9 Å². The number of thiophene rings is 1. The van der Waals surface area contributed by atoms with Gasteiger partial charge in [-0.05, 0) is 49.7 Å². The molecule has 2 aromatic heterocycles. The smallest absolute Gasteiger partial charge is 0.263 e. The van der Waals surface area contributed by atoms with Gasteiger partial charge in [-0.2, -0.15) is 0 Å². The number of aromatic nitrogens is 2. The minimum absolute atomic E-state index is 0.196. The number of halogens is 2. The largest absolute Gasteiger partial charge is 0.494 e. The second-order valence-corrected chi connectivity index (χ2v) is 9.07. The topological polar surface area (TPSA) is 73.2 Å². The molecule has 0 atom stereocenters. The number of rotatable bonds is 6. The van der Waals surface area contributed by atoms with Gasteiger partial charge in [0, 0.05) is 15.5 Å². The Bertz CT molecular complexity index is 1360. The lowest BCUT2D eigenvalue weighted by Gasteiger charge is -2.09. The first kappa shape index (κ1) is 22.3. The molecule has 0 saturated carbocycles. The number of benzene rings is 2. The summed E-state index contributed by atoms with van der Waals surface area (Å²) in [5, 5.41) is 3.98. The SMILES string of the molecule is CCOc1ccc(-c2c(C)sc3ncn(CC(=O)Nc4ccc(Cl)cc4Cl)c(=O)c23)cc1. The van der Waals surface area contributed by atoms with Gasteiger partial charge in [0.2, 0.25) is 5.91 Å². The highest BCUT2D eigenvalue weighted by atomic mass is 35.5. The van der Waals surface area contributed by atoms with Gasteiger partial charge >= 0.3 is 0 Å². The first-order valence-electron chi connectivity index (χ1n) is 9.84. The van der Waals surface area contributed by atoms with E-state index in [-0.39, 0.29) is 12.1 Å². The second kappa shape index (κ2) is 9.32. The van der Waals surface area contributed by atoms with Crippen LogP contribution in [0.5, 0.6) is 5.75 Å². The highest BCUT2D eigenvalue weighted by molar-refractivity contribution is 7.19. The third-order valence-electron chi connectivity index (χ3n) is 4.83. The lowest BCUT2D eigenvalue weighted by atomic mass is 10.0. The van der Waals surface area contributed by atoms with Crippen LogP contribution in [0.4, 0.5) is 5.69 Å². The van der Waals surface area contributed by atoms with Crippen LogP contribution >= 0.6 is 34.5 Å². The number of carbonyl (C=O) groups is 1. The van der Waals surface area contributed by atoms with E-state index in [0.717, 1.165) is 21.8 Å². The van der Waals surface area contributed by atoms with Crippen molar-refractivity contribution < 1.29 is 9.53 Å². The molecule has 4 rings (SSSR count). The summed E-state index contributed by atoms with van der Waals surface area (Å²) in [6.45, 7) is 4.27. The van der Waals surface area contributed by atoms with E-state index >= 15 is 0 Å². The van der Waals surface area contributed by atoms with Gasteiger partial charge in [0.05, 0.1) is 29.0 Å². The number of amides is 1. The molecule has 2 heterocycles. The number of hydrogen-bond acceptors (Lipinski definition) is 5. The fourth-order valence-electron chi connectivity index (χ4n) is 3.42. The number of carbonyl (C=O) groups excluding carboxylic acids is 1. The molecule has 0 radical (unpaired) electrons. The van der Waals surface area contributed by atoms with Crippen LogP contribution in [0.25, 0.3) is 21.3 Å². The molecule has 0 saturated heterocycles. The number of hydrogen-bond donors (Lipinski definition) is 1. The standard InChI is InChI=1S/C23H19Cl2N3O3S/c1-3-31-16-7-4-14(5-8-16)20-13(2)32-22-21(20)23(30)28(12-26-22)11-19(29)27-18-9-6-15(24)10-17(18)25/h4-10,12H,3,11H2,1-2H3,(H,27,29). The molecule has 4 aromatic rings. The quantitative estimate of drug-likeness (QED) is 0.374. The van der Waals surface area contributed by atoms with Gasteiger partial charge in [-0.1, -0.05) is 35.3 Å². The molecular formula is C23H19Cl2N3O3S.